The van der Waals surface area contributed by atoms with Gasteiger partial charge in [-0.1, -0.05) is 46.3 Å². The Morgan fingerprint density at radius 2 is 1.90 bits per heavy atom. The molecule has 0 bridgehead atoms. The first-order chi connectivity index (χ1) is 9.75. The van der Waals surface area contributed by atoms with Crippen molar-refractivity contribution in [1.29, 1.82) is 0 Å². The van der Waals surface area contributed by atoms with E-state index in [1.165, 1.54) is 11.6 Å². The number of benzene rings is 2. The van der Waals surface area contributed by atoms with Crippen LogP contribution in [0.2, 0.25) is 0 Å². The first-order valence-corrected chi connectivity index (χ1v) is 7.75. The van der Waals surface area contributed by atoms with Crippen LogP contribution in [0.4, 0.5) is 4.39 Å². The van der Waals surface area contributed by atoms with Crippen LogP contribution in [-0.2, 0) is 0 Å². The van der Waals surface area contributed by atoms with Crippen molar-refractivity contribution >= 4 is 15.9 Å². The van der Waals surface area contributed by atoms with E-state index in [2.05, 4.69) is 39.4 Å². The highest BCUT2D eigenvalue weighted by Gasteiger charge is 2.28. The second kappa shape index (κ2) is 6.06. The maximum atomic E-state index is 13.5. The maximum Gasteiger partial charge on any atom is 0.123 e. The van der Waals surface area contributed by atoms with Gasteiger partial charge in [0.1, 0.15) is 5.82 Å². The van der Waals surface area contributed by atoms with Crippen molar-refractivity contribution < 1.29 is 4.39 Å². The number of hydrogen-bond donors (Lipinski definition) is 1. The van der Waals surface area contributed by atoms with Crippen LogP contribution in [0.15, 0.2) is 53.0 Å². The average Bonchev–Trinajstić information content (AvgIpc) is 2.48. The zero-order valence-corrected chi connectivity index (χ0v) is 12.7. The molecule has 1 heterocycles. The van der Waals surface area contributed by atoms with Crippen LogP contribution in [0.25, 0.3) is 0 Å². The molecule has 0 saturated carbocycles. The molecule has 1 N–H and O–H groups in total. The lowest BCUT2D eigenvalue weighted by Gasteiger charge is -2.33. The summed E-state index contributed by atoms with van der Waals surface area (Å²) in [6.07, 6.45) is 1.07. The van der Waals surface area contributed by atoms with Gasteiger partial charge in [-0.25, -0.2) is 4.39 Å². The number of hydrogen-bond acceptors (Lipinski definition) is 1. The molecule has 0 aromatic heterocycles. The standard InChI is InChI=1S/C17H17BrFN/c18-17-7-2-1-6-15(17)14-8-9-20-11-16(14)12-4-3-5-13(19)10-12/h1-7,10,14,16,20H,8-9,11H2. The van der Waals surface area contributed by atoms with Crippen molar-refractivity contribution in [3.8, 4) is 0 Å². The molecule has 3 heteroatoms. The van der Waals surface area contributed by atoms with E-state index < -0.39 is 0 Å². The fourth-order valence-corrected chi connectivity index (χ4v) is 3.67. The van der Waals surface area contributed by atoms with Gasteiger partial charge in [-0.2, -0.15) is 0 Å². The van der Waals surface area contributed by atoms with Crippen molar-refractivity contribution in [2.24, 2.45) is 0 Å². The first kappa shape index (κ1) is 13.8. The average molecular weight is 334 g/mol. The van der Waals surface area contributed by atoms with Crippen molar-refractivity contribution in [2.75, 3.05) is 13.1 Å². The Morgan fingerprint density at radius 1 is 1.05 bits per heavy atom. The molecule has 0 aliphatic carbocycles. The van der Waals surface area contributed by atoms with Crippen molar-refractivity contribution in [3.05, 3.63) is 69.9 Å². The van der Waals surface area contributed by atoms with E-state index in [0.29, 0.717) is 11.8 Å². The van der Waals surface area contributed by atoms with Crippen LogP contribution in [0, 0.1) is 5.82 Å². The zero-order valence-electron chi connectivity index (χ0n) is 11.2. The summed E-state index contributed by atoms with van der Waals surface area (Å²) in [5.41, 5.74) is 2.40. The van der Waals surface area contributed by atoms with E-state index in [4.69, 9.17) is 0 Å². The Hall–Kier alpha value is -1.19. The van der Waals surface area contributed by atoms with Gasteiger partial charge in [0.2, 0.25) is 0 Å². The zero-order chi connectivity index (χ0) is 13.9. The van der Waals surface area contributed by atoms with E-state index in [1.807, 2.05) is 12.1 Å². The van der Waals surface area contributed by atoms with Crippen LogP contribution in [0.1, 0.15) is 29.4 Å². The highest BCUT2D eigenvalue weighted by atomic mass is 79.9. The third-order valence-corrected chi connectivity index (χ3v) is 4.79. The van der Waals surface area contributed by atoms with Crippen molar-refractivity contribution in [1.82, 2.24) is 5.32 Å². The Labute approximate surface area is 127 Å². The molecule has 1 aliphatic heterocycles. The first-order valence-electron chi connectivity index (χ1n) is 6.96. The fraction of sp³-hybridized carbons (Fsp3) is 0.294. The summed E-state index contributed by atoms with van der Waals surface area (Å²) < 4.78 is 14.6. The topological polar surface area (TPSA) is 12.0 Å². The minimum atomic E-state index is -0.154. The molecule has 1 aliphatic rings. The van der Waals surface area contributed by atoms with Gasteiger partial charge in [-0.3, -0.25) is 0 Å². The van der Waals surface area contributed by atoms with Gasteiger partial charge < -0.3 is 5.32 Å². The summed E-state index contributed by atoms with van der Waals surface area (Å²) in [4.78, 5) is 0. The molecule has 2 aromatic rings. The predicted molar refractivity (Wildman–Crippen MR) is 83.5 cm³/mol. The fourth-order valence-electron chi connectivity index (χ4n) is 3.09. The highest BCUT2D eigenvalue weighted by Crippen LogP contribution is 2.40. The molecule has 2 atom stereocenters. The summed E-state index contributed by atoms with van der Waals surface area (Å²) >= 11 is 3.65. The lowest BCUT2D eigenvalue weighted by atomic mass is 9.77. The number of nitrogens with one attached hydrogen (secondary N) is 1. The molecule has 104 valence electrons. The molecule has 0 amide bonds. The Kier molecular flexibility index (Phi) is 4.18. The van der Waals surface area contributed by atoms with Gasteiger partial charge in [-0.15, -0.1) is 0 Å². The molecule has 1 saturated heterocycles. The van der Waals surface area contributed by atoms with Gasteiger partial charge >= 0.3 is 0 Å². The molecule has 20 heavy (non-hydrogen) atoms. The normalized spacial score (nSPS) is 22.7. The second-order valence-electron chi connectivity index (χ2n) is 5.28. The quantitative estimate of drug-likeness (QED) is 0.856. The van der Waals surface area contributed by atoms with Crippen LogP contribution in [0.3, 0.4) is 0 Å². The highest BCUT2D eigenvalue weighted by molar-refractivity contribution is 9.10. The van der Waals surface area contributed by atoms with Crippen LogP contribution < -0.4 is 5.32 Å². The predicted octanol–water partition coefficient (Wildman–Crippen LogP) is 4.45. The van der Waals surface area contributed by atoms with E-state index in [1.54, 1.807) is 12.1 Å². The largest absolute Gasteiger partial charge is 0.316 e. The molecule has 1 fully saturated rings. The van der Waals surface area contributed by atoms with Crippen LogP contribution >= 0.6 is 15.9 Å². The van der Waals surface area contributed by atoms with Gasteiger partial charge in [-0.05, 0) is 48.2 Å². The lowest BCUT2D eigenvalue weighted by molar-refractivity contribution is 0.402. The summed E-state index contributed by atoms with van der Waals surface area (Å²) in [6, 6.07) is 15.4. The Bertz CT molecular complexity index is 599. The minimum Gasteiger partial charge on any atom is -0.316 e. The molecule has 3 rings (SSSR count). The summed E-state index contributed by atoms with van der Waals surface area (Å²) in [7, 11) is 0. The van der Waals surface area contributed by atoms with Crippen molar-refractivity contribution in [2.45, 2.75) is 18.3 Å². The van der Waals surface area contributed by atoms with Gasteiger partial charge in [0, 0.05) is 16.9 Å². The monoisotopic (exact) mass is 333 g/mol. The third-order valence-electron chi connectivity index (χ3n) is 4.06. The van der Waals surface area contributed by atoms with Gasteiger partial charge in [0.15, 0.2) is 0 Å². The molecule has 0 radical (unpaired) electrons. The SMILES string of the molecule is Fc1cccc(C2CNCCC2c2ccccc2Br)c1. The van der Waals surface area contributed by atoms with E-state index in [9.17, 15) is 4.39 Å². The minimum absolute atomic E-state index is 0.154. The third kappa shape index (κ3) is 2.79. The van der Waals surface area contributed by atoms with E-state index in [-0.39, 0.29) is 5.82 Å². The van der Waals surface area contributed by atoms with E-state index >= 15 is 0 Å². The molecule has 2 aromatic carbocycles. The van der Waals surface area contributed by atoms with Gasteiger partial charge in [0.25, 0.3) is 0 Å². The van der Waals surface area contributed by atoms with Crippen molar-refractivity contribution in [3.63, 3.8) is 0 Å². The summed E-state index contributed by atoms with van der Waals surface area (Å²) in [5.74, 6) is 0.589. The lowest BCUT2D eigenvalue weighted by Crippen LogP contribution is -2.34. The molecule has 2 unspecified atom stereocenters. The molecule has 0 spiro atoms. The Balaban J connectivity index is 1.98. The smallest absolute Gasteiger partial charge is 0.123 e. The Morgan fingerprint density at radius 3 is 2.70 bits per heavy atom. The molecule has 1 nitrogen and oxygen atoms in total. The maximum absolute atomic E-state index is 13.5. The van der Waals surface area contributed by atoms with E-state index in [0.717, 1.165) is 29.5 Å². The molecular weight excluding hydrogens is 317 g/mol. The van der Waals surface area contributed by atoms with Gasteiger partial charge in [0.05, 0.1) is 0 Å². The van der Waals surface area contributed by atoms with Crippen LogP contribution in [0.5, 0.6) is 0 Å². The number of piperidine rings is 1. The second-order valence-corrected chi connectivity index (χ2v) is 6.14. The summed E-state index contributed by atoms with van der Waals surface area (Å²) in [6.45, 7) is 1.91. The summed E-state index contributed by atoms with van der Waals surface area (Å²) in [5, 5.41) is 3.43. The number of halogens is 2. The number of rotatable bonds is 2. The van der Waals surface area contributed by atoms with Crippen LogP contribution in [-0.4, -0.2) is 13.1 Å². The molecular formula is C17H17BrFN.